The van der Waals surface area contributed by atoms with Crippen molar-refractivity contribution in [2.45, 2.75) is 37.8 Å². The molecule has 2 aliphatic rings. The summed E-state index contributed by atoms with van der Waals surface area (Å²) in [5, 5.41) is 0. The Kier molecular flexibility index (Phi) is 3.16. The quantitative estimate of drug-likeness (QED) is 0.646. The minimum absolute atomic E-state index is 0. The topological polar surface area (TPSA) is 29.3 Å². The van der Waals surface area contributed by atoms with E-state index in [2.05, 4.69) is 4.90 Å². The number of hydrogen-bond acceptors (Lipinski definition) is 2. The molecule has 2 fully saturated rings. The molecule has 1 saturated heterocycles. The molecular formula is C8H17ClN2. The number of nitrogens with zero attached hydrogens (tertiary/aromatic N) is 1. The van der Waals surface area contributed by atoms with Crippen LogP contribution in [0.3, 0.4) is 0 Å². The van der Waals surface area contributed by atoms with Gasteiger partial charge < -0.3 is 5.73 Å². The van der Waals surface area contributed by atoms with Crippen LogP contribution in [0.25, 0.3) is 0 Å². The molecule has 0 spiro atoms. The first-order chi connectivity index (χ1) is 4.86. The number of rotatable bonds is 1. The zero-order valence-electron chi connectivity index (χ0n) is 6.83. The van der Waals surface area contributed by atoms with E-state index in [-0.39, 0.29) is 12.4 Å². The van der Waals surface area contributed by atoms with Crippen LogP contribution < -0.4 is 5.73 Å². The first kappa shape index (κ1) is 9.30. The Hall–Kier alpha value is 0.210. The van der Waals surface area contributed by atoms with E-state index in [9.17, 15) is 0 Å². The summed E-state index contributed by atoms with van der Waals surface area (Å²) in [4.78, 5) is 2.56. The standard InChI is InChI=1S/C8H16N2.ClH/c9-7-2-1-5-10(6-7)8-3-4-8;/h7-8H,1-6,9H2;1H. The summed E-state index contributed by atoms with van der Waals surface area (Å²) in [5.41, 5.74) is 5.85. The van der Waals surface area contributed by atoms with Crippen molar-refractivity contribution >= 4 is 12.4 Å². The molecule has 3 heteroatoms. The fourth-order valence-corrected chi connectivity index (χ4v) is 1.81. The lowest BCUT2D eigenvalue weighted by atomic mass is 10.1. The molecule has 2 rings (SSSR count). The summed E-state index contributed by atoms with van der Waals surface area (Å²) >= 11 is 0. The number of nitrogens with two attached hydrogens (primary N) is 1. The third-order valence-corrected chi connectivity index (χ3v) is 2.55. The summed E-state index contributed by atoms with van der Waals surface area (Å²) in [7, 11) is 0. The van der Waals surface area contributed by atoms with Crippen molar-refractivity contribution in [3.05, 3.63) is 0 Å². The van der Waals surface area contributed by atoms with E-state index < -0.39 is 0 Å². The van der Waals surface area contributed by atoms with Gasteiger partial charge >= 0.3 is 0 Å². The van der Waals surface area contributed by atoms with Gasteiger partial charge in [0.15, 0.2) is 0 Å². The molecule has 0 amide bonds. The fourth-order valence-electron chi connectivity index (χ4n) is 1.81. The third-order valence-electron chi connectivity index (χ3n) is 2.55. The Balaban J connectivity index is 0.000000605. The van der Waals surface area contributed by atoms with Crippen LogP contribution in [0, 0.1) is 0 Å². The molecule has 0 aromatic rings. The minimum Gasteiger partial charge on any atom is -0.327 e. The smallest absolute Gasteiger partial charge is 0.0168 e. The molecule has 0 aromatic carbocycles. The average molecular weight is 177 g/mol. The van der Waals surface area contributed by atoms with Gasteiger partial charge in [0.1, 0.15) is 0 Å². The van der Waals surface area contributed by atoms with Crippen molar-refractivity contribution < 1.29 is 0 Å². The summed E-state index contributed by atoms with van der Waals surface area (Å²) in [6, 6.07) is 1.39. The molecule has 0 radical (unpaired) electrons. The van der Waals surface area contributed by atoms with Crippen molar-refractivity contribution in [2.75, 3.05) is 13.1 Å². The fraction of sp³-hybridized carbons (Fsp3) is 1.00. The van der Waals surface area contributed by atoms with Gasteiger partial charge in [-0.3, -0.25) is 4.90 Å². The predicted molar refractivity (Wildman–Crippen MR) is 49.1 cm³/mol. The van der Waals surface area contributed by atoms with Gasteiger partial charge in [-0.15, -0.1) is 12.4 Å². The molecule has 1 aliphatic carbocycles. The maximum absolute atomic E-state index is 5.85. The monoisotopic (exact) mass is 176 g/mol. The molecule has 66 valence electrons. The lowest BCUT2D eigenvalue weighted by Gasteiger charge is -2.30. The van der Waals surface area contributed by atoms with Crippen LogP contribution in [0.2, 0.25) is 0 Å². The number of hydrogen-bond donors (Lipinski definition) is 1. The second-order valence-corrected chi connectivity index (χ2v) is 3.63. The molecule has 11 heavy (non-hydrogen) atoms. The van der Waals surface area contributed by atoms with E-state index >= 15 is 0 Å². The van der Waals surface area contributed by atoms with Gasteiger partial charge in [-0.25, -0.2) is 0 Å². The summed E-state index contributed by atoms with van der Waals surface area (Å²) in [5.74, 6) is 0. The molecule has 2 nitrogen and oxygen atoms in total. The lowest BCUT2D eigenvalue weighted by Crippen LogP contribution is -2.43. The highest BCUT2D eigenvalue weighted by molar-refractivity contribution is 5.85. The number of halogens is 1. The van der Waals surface area contributed by atoms with Crippen molar-refractivity contribution in [3.63, 3.8) is 0 Å². The summed E-state index contributed by atoms with van der Waals surface area (Å²) in [6.45, 7) is 2.46. The Morgan fingerprint density at radius 1 is 1.18 bits per heavy atom. The van der Waals surface area contributed by atoms with Crippen LogP contribution >= 0.6 is 12.4 Å². The van der Waals surface area contributed by atoms with E-state index in [1.807, 2.05) is 0 Å². The van der Waals surface area contributed by atoms with Crippen LogP contribution in [0.15, 0.2) is 0 Å². The third kappa shape index (κ3) is 2.32. The van der Waals surface area contributed by atoms with Gasteiger partial charge in [-0.05, 0) is 32.2 Å². The first-order valence-corrected chi connectivity index (χ1v) is 4.36. The average Bonchev–Trinajstić information content (AvgIpc) is 2.68. The largest absolute Gasteiger partial charge is 0.327 e. The minimum atomic E-state index is 0. The molecule has 1 aliphatic heterocycles. The highest BCUT2D eigenvalue weighted by Gasteiger charge is 2.31. The SMILES string of the molecule is Cl.NC1CCCN(C2CC2)C1. The molecule has 1 unspecified atom stereocenters. The summed E-state index contributed by atoms with van der Waals surface area (Å²) < 4.78 is 0. The van der Waals surface area contributed by atoms with E-state index in [0.29, 0.717) is 6.04 Å². The van der Waals surface area contributed by atoms with Crippen molar-refractivity contribution in [3.8, 4) is 0 Å². The van der Waals surface area contributed by atoms with Crippen LogP contribution in [-0.2, 0) is 0 Å². The van der Waals surface area contributed by atoms with Crippen LogP contribution in [0.5, 0.6) is 0 Å². The van der Waals surface area contributed by atoms with Gasteiger partial charge in [-0.2, -0.15) is 0 Å². The van der Waals surface area contributed by atoms with E-state index in [0.717, 1.165) is 12.6 Å². The van der Waals surface area contributed by atoms with E-state index in [1.54, 1.807) is 0 Å². The van der Waals surface area contributed by atoms with Crippen LogP contribution in [-0.4, -0.2) is 30.1 Å². The second-order valence-electron chi connectivity index (χ2n) is 3.63. The maximum atomic E-state index is 5.85. The molecule has 2 N–H and O–H groups in total. The second kappa shape index (κ2) is 3.74. The van der Waals surface area contributed by atoms with Crippen LogP contribution in [0.4, 0.5) is 0 Å². The van der Waals surface area contributed by atoms with Crippen molar-refractivity contribution in [1.82, 2.24) is 4.90 Å². The molecular weight excluding hydrogens is 160 g/mol. The Morgan fingerprint density at radius 3 is 2.45 bits per heavy atom. The normalized spacial score (nSPS) is 33.0. The van der Waals surface area contributed by atoms with Gasteiger partial charge in [0.05, 0.1) is 0 Å². The lowest BCUT2D eigenvalue weighted by molar-refractivity contribution is 0.200. The molecule has 1 heterocycles. The molecule has 0 aromatic heterocycles. The van der Waals surface area contributed by atoms with Gasteiger partial charge in [-0.1, -0.05) is 0 Å². The maximum Gasteiger partial charge on any atom is 0.0168 e. The number of piperidine rings is 1. The summed E-state index contributed by atoms with van der Waals surface area (Å²) in [6.07, 6.45) is 5.40. The van der Waals surface area contributed by atoms with Gasteiger partial charge in [0.25, 0.3) is 0 Å². The Morgan fingerprint density at radius 2 is 1.91 bits per heavy atom. The van der Waals surface area contributed by atoms with Crippen molar-refractivity contribution in [1.29, 1.82) is 0 Å². The zero-order valence-corrected chi connectivity index (χ0v) is 7.65. The van der Waals surface area contributed by atoms with E-state index in [1.165, 1.54) is 32.2 Å². The molecule has 0 bridgehead atoms. The van der Waals surface area contributed by atoms with Crippen LogP contribution in [0.1, 0.15) is 25.7 Å². The number of likely N-dealkylation sites (tertiary alicyclic amines) is 1. The van der Waals surface area contributed by atoms with Gasteiger partial charge in [0, 0.05) is 18.6 Å². The Bertz CT molecular complexity index is 125. The van der Waals surface area contributed by atoms with Crippen molar-refractivity contribution in [2.24, 2.45) is 5.73 Å². The Labute approximate surface area is 74.5 Å². The first-order valence-electron chi connectivity index (χ1n) is 4.36. The van der Waals surface area contributed by atoms with E-state index in [4.69, 9.17) is 5.73 Å². The van der Waals surface area contributed by atoms with Gasteiger partial charge in [0.2, 0.25) is 0 Å². The highest BCUT2D eigenvalue weighted by atomic mass is 35.5. The predicted octanol–water partition coefficient (Wildman–Crippen LogP) is 0.994. The molecule has 1 atom stereocenters. The zero-order chi connectivity index (χ0) is 6.97. The highest BCUT2D eigenvalue weighted by Crippen LogP contribution is 2.28. The molecule has 1 saturated carbocycles.